The van der Waals surface area contributed by atoms with E-state index in [1.165, 1.54) is 21.5 Å². The zero-order valence-electron chi connectivity index (χ0n) is 17.4. The summed E-state index contributed by atoms with van der Waals surface area (Å²) in [6.45, 7) is 6.41. The smallest absolute Gasteiger partial charge is 0.163 e. The first-order chi connectivity index (χ1) is 14.5. The molecule has 0 spiro atoms. The fourth-order valence-electron chi connectivity index (χ4n) is 3.63. The summed E-state index contributed by atoms with van der Waals surface area (Å²) in [6.07, 6.45) is 0. The van der Waals surface area contributed by atoms with Crippen LogP contribution in [0.2, 0.25) is 0 Å². The van der Waals surface area contributed by atoms with Gasteiger partial charge in [-0.3, -0.25) is 0 Å². The molecule has 0 unspecified atom stereocenters. The van der Waals surface area contributed by atoms with Crippen LogP contribution in [0.4, 0.5) is 0 Å². The van der Waals surface area contributed by atoms with Crippen LogP contribution in [0.15, 0.2) is 84.9 Å². The van der Waals surface area contributed by atoms with E-state index in [0.29, 0.717) is 11.6 Å². The Morgan fingerprint density at radius 2 is 0.933 bits per heavy atom. The molecule has 0 amide bonds. The molecular formula is C27H23N3. The number of benzene rings is 4. The van der Waals surface area contributed by atoms with Crippen molar-refractivity contribution < 1.29 is 0 Å². The number of fused-ring (bicyclic) bond motifs is 2. The highest BCUT2D eigenvalue weighted by Crippen LogP contribution is 2.28. The van der Waals surface area contributed by atoms with Crippen LogP contribution in [0, 0.1) is 0 Å². The van der Waals surface area contributed by atoms with Crippen LogP contribution in [-0.2, 0) is 5.41 Å². The van der Waals surface area contributed by atoms with E-state index in [9.17, 15) is 0 Å². The second-order valence-corrected chi connectivity index (χ2v) is 8.68. The zero-order valence-corrected chi connectivity index (χ0v) is 17.4. The van der Waals surface area contributed by atoms with Gasteiger partial charge in [0.15, 0.2) is 11.6 Å². The Labute approximate surface area is 176 Å². The van der Waals surface area contributed by atoms with Gasteiger partial charge in [0.1, 0.15) is 5.82 Å². The Bertz CT molecular complexity index is 1280. The second-order valence-electron chi connectivity index (χ2n) is 8.68. The van der Waals surface area contributed by atoms with Gasteiger partial charge in [0, 0.05) is 16.5 Å². The molecule has 0 fully saturated rings. The predicted octanol–water partition coefficient (Wildman–Crippen LogP) is 6.81. The number of rotatable bonds is 2. The summed E-state index contributed by atoms with van der Waals surface area (Å²) >= 11 is 0. The minimum Gasteiger partial charge on any atom is -0.212 e. The Hall–Kier alpha value is -3.59. The molecule has 146 valence electrons. The van der Waals surface area contributed by atoms with Crippen molar-refractivity contribution in [1.29, 1.82) is 0 Å². The molecule has 0 aliphatic rings. The molecule has 0 aliphatic carbocycles. The number of aromatic nitrogens is 3. The summed E-state index contributed by atoms with van der Waals surface area (Å²) < 4.78 is 0. The highest BCUT2D eigenvalue weighted by molar-refractivity contribution is 5.87. The van der Waals surface area contributed by atoms with E-state index in [1.807, 2.05) is 0 Å². The molecule has 3 heteroatoms. The Morgan fingerprint density at radius 1 is 0.500 bits per heavy atom. The van der Waals surface area contributed by atoms with E-state index in [1.54, 1.807) is 0 Å². The Morgan fingerprint density at radius 3 is 1.37 bits per heavy atom. The normalized spacial score (nSPS) is 11.8. The largest absolute Gasteiger partial charge is 0.212 e. The summed E-state index contributed by atoms with van der Waals surface area (Å²) in [4.78, 5) is 14.6. The van der Waals surface area contributed by atoms with Crippen molar-refractivity contribution >= 4 is 21.5 Å². The fourth-order valence-corrected chi connectivity index (χ4v) is 3.63. The maximum atomic E-state index is 4.88. The lowest BCUT2D eigenvalue weighted by Gasteiger charge is -2.18. The van der Waals surface area contributed by atoms with Crippen molar-refractivity contribution in [1.82, 2.24) is 15.0 Å². The molecule has 0 N–H and O–H groups in total. The maximum absolute atomic E-state index is 4.88. The van der Waals surface area contributed by atoms with Crippen molar-refractivity contribution in [2.45, 2.75) is 26.2 Å². The van der Waals surface area contributed by atoms with Crippen molar-refractivity contribution in [3.05, 3.63) is 90.8 Å². The number of hydrogen-bond acceptors (Lipinski definition) is 3. The van der Waals surface area contributed by atoms with Crippen molar-refractivity contribution in [3.63, 3.8) is 0 Å². The molecule has 1 aromatic heterocycles. The lowest BCUT2D eigenvalue weighted by molar-refractivity contribution is 0.543. The molecule has 0 bridgehead atoms. The Kier molecular flexibility index (Phi) is 4.32. The maximum Gasteiger partial charge on any atom is 0.163 e. The SMILES string of the molecule is CC(C)(C)c1nc(-c2ccc3ccccc3c2)nc(-c2ccc3ccccc3c2)n1. The topological polar surface area (TPSA) is 38.7 Å². The molecular weight excluding hydrogens is 366 g/mol. The molecule has 0 radical (unpaired) electrons. The molecule has 5 aromatic rings. The highest BCUT2D eigenvalue weighted by atomic mass is 15.0. The van der Waals surface area contributed by atoms with Crippen LogP contribution in [-0.4, -0.2) is 15.0 Å². The van der Waals surface area contributed by atoms with Gasteiger partial charge in [-0.1, -0.05) is 93.6 Å². The quantitative estimate of drug-likeness (QED) is 0.333. The van der Waals surface area contributed by atoms with Gasteiger partial charge in [0.2, 0.25) is 0 Å². The van der Waals surface area contributed by atoms with Crippen LogP contribution >= 0.6 is 0 Å². The van der Waals surface area contributed by atoms with Gasteiger partial charge in [0.05, 0.1) is 0 Å². The van der Waals surface area contributed by atoms with E-state index in [0.717, 1.165) is 17.0 Å². The van der Waals surface area contributed by atoms with Gasteiger partial charge in [-0.05, 0) is 33.7 Å². The highest BCUT2D eigenvalue weighted by Gasteiger charge is 2.21. The average molecular weight is 390 g/mol. The molecule has 3 nitrogen and oxygen atoms in total. The standard InChI is InChI=1S/C27H23N3/c1-27(2,3)26-29-24(22-14-12-18-8-4-6-10-20(18)16-22)28-25(30-26)23-15-13-19-9-5-7-11-21(19)17-23/h4-17H,1-3H3. The van der Waals surface area contributed by atoms with E-state index < -0.39 is 0 Å². The summed E-state index contributed by atoms with van der Waals surface area (Å²) in [5.41, 5.74) is 1.83. The molecule has 0 saturated heterocycles. The average Bonchev–Trinajstić information content (AvgIpc) is 2.77. The zero-order chi connectivity index (χ0) is 20.7. The Balaban J connectivity index is 1.70. The van der Waals surface area contributed by atoms with E-state index in [-0.39, 0.29) is 5.41 Å². The molecule has 30 heavy (non-hydrogen) atoms. The molecule has 5 rings (SSSR count). The first-order valence-corrected chi connectivity index (χ1v) is 10.2. The third-order valence-electron chi connectivity index (χ3n) is 5.32. The summed E-state index contributed by atoms with van der Waals surface area (Å²) in [6, 6.07) is 29.4. The third-order valence-corrected chi connectivity index (χ3v) is 5.32. The monoisotopic (exact) mass is 389 g/mol. The van der Waals surface area contributed by atoms with Crippen LogP contribution in [0.25, 0.3) is 44.3 Å². The van der Waals surface area contributed by atoms with Crippen LogP contribution < -0.4 is 0 Å². The third kappa shape index (κ3) is 3.43. The van der Waals surface area contributed by atoms with Crippen LogP contribution in [0.5, 0.6) is 0 Å². The van der Waals surface area contributed by atoms with Gasteiger partial charge < -0.3 is 0 Å². The fraction of sp³-hybridized carbons (Fsp3) is 0.148. The minimum atomic E-state index is -0.180. The van der Waals surface area contributed by atoms with E-state index in [4.69, 9.17) is 15.0 Å². The van der Waals surface area contributed by atoms with Crippen molar-refractivity contribution in [2.24, 2.45) is 0 Å². The summed E-state index contributed by atoms with van der Waals surface area (Å²) in [5.74, 6) is 2.22. The van der Waals surface area contributed by atoms with Gasteiger partial charge in [0.25, 0.3) is 0 Å². The van der Waals surface area contributed by atoms with E-state index in [2.05, 4.69) is 106 Å². The second kappa shape index (κ2) is 7.03. The molecule has 0 saturated carbocycles. The van der Waals surface area contributed by atoms with Gasteiger partial charge >= 0.3 is 0 Å². The lowest BCUT2D eigenvalue weighted by Crippen LogP contribution is -2.18. The first-order valence-electron chi connectivity index (χ1n) is 10.2. The molecule has 4 aromatic carbocycles. The van der Waals surface area contributed by atoms with Crippen molar-refractivity contribution in [2.75, 3.05) is 0 Å². The van der Waals surface area contributed by atoms with E-state index >= 15 is 0 Å². The first kappa shape index (κ1) is 18.4. The van der Waals surface area contributed by atoms with Gasteiger partial charge in [-0.25, -0.2) is 15.0 Å². The summed E-state index contributed by atoms with van der Waals surface area (Å²) in [7, 11) is 0. The van der Waals surface area contributed by atoms with Crippen molar-refractivity contribution in [3.8, 4) is 22.8 Å². The minimum absolute atomic E-state index is 0.180. The number of hydrogen-bond donors (Lipinski definition) is 0. The van der Waals surface area contributed by atoms with Crippen LogP contribution in [0.1, 0.15) is 26.6 Å². The molecule has 0 atom stereocenters. The summed E-state index contributed by atoms with van der Waals surface area (Å²) in [5, 5.41) is 4.78. The molecule has 1 heterocycles. The lowest BCUT2D eigenvalue weighted by atomic mass is 9.95. The van der Waals surface area contributed by atoms with Gasteiger partial charge in [-0.2, -0.15) is 0 Å². The van der Waals surface area contributed by atoms with Gasteiger partial charge in [-0.15, -0.1) is 0 Å². The number of nitrogens with zero attached hydrogens (tertiary/aromatic N) is 3. The molecule has 0 aliphatic heterocycles. The predicted molar refractivity (Wildman–Crippen MR) is 124 cm³/mol. The van der Waals surface area contributed by atoms with Crippen LogP contribution in [0.3, 0.4) is 0 Å².